The minimum Gasteiger partial charge on any atom is -0.483 e. The standard InChI is InChI=1S/C21H27N3O2/c1-3-17-6-4-5-7-20(17)26-16-21(25)22-18-8-10-19(11-9-18)24-14-12-23(2)13-15-24/h4-11H,3,12-16H2,1-2H3,(H,22,25). The van der Waals surface area contributed by atoms with Crippen molar-refractivity contribution in [2.75, 3.05) is 50.1 Å². The summed E-state index contributed by atoms with van der Waals surface area (Å²) < 4.78 is 5.67. The highest BCUT2D eigenvalue weighted by atomic mass is 16.5. The third kappa shape index (κ3) is 4.76. The van der Waals surface area contributed by atoms with E-state index in [2.05, 4.69) is 41.2 Å². The van der Waals surface area contributed by atoms with Crippen molar-refractivity contribution in [3.8, 4) is 5.75 Å². The maximum Gasteiger partial charge on any atom is 0.262 e. The van der Waals surface area contributed by atoms with Crippen LogP contribution in [0.3, 0.4) is 0 Å². The highest BCUT2D eigenvalue weighted by Crippen LogP contribution is 2.20. The fourth-order valence-corrected chi connectivity index (χ4v) is 3.10. The Bertz CT molecular complexity index is 722. The van der Waals surface area contributed by atoms with E-state index in [-0.39, 0.29) is 12.5 Å². The van der Waals surface area contributed by atoms with Gasteiger partial charge in [-0.15, -0.1) is 0 Å². The third-order valence-corrected chi connectivity index (χ3v) is 4.73. The zero-order valence-corrected chi connectivity index (χ0v) is 15.6. The molecule has 1 fully saturated rings. The van der Waals surface area contributed by atoms with Gasteiger partial charge in [-0.25, -0.2) is 0 Å². The van der Waals surface area contributed by atoms with Crippen LogP contribution in [0.15, 0.2) is 48.5 Å². The SMILES string of the molecule is CCc1ccccc1OCC(=O)Nc1ccc(N2CCN(C)CC2)cc1. The average molecular weight is 353 g/mol. The Kier molecular flexibility index (Phi) is 6.12. The molecule has 1 aliphatic heterocycles. The normalized spacial score (nSPS) is 14.9. The predicted octanol–water partition coefficient (Wildman–Crippen LogP) is 3.02. The van der Waals surface area contributed by atoms with E-state index >= 15 is 0 Å². The topological polar surface area (TPSA) is 44.8 Å². The van der Waals surface area contributed by atoms with Crippen molar-refractivity contribution in [3.05, 3.63) is 54.1 Å². The summed E-state index contributed by atoms with van der Waals surface area (Å²) >= 11 is 0. The van der Waals surface area contributed by atoms with E-state index in [1.54, 1.807) is 0 Å². The molecule has 5 heteroatoms. The van der Waals surface area contributed by atoms with Crippen LogP contribution in [-0.2, 0) is 11.2 Å². The van der Waals surface area contributed by atoms with Crippen molar-refractivity contribution in [1.29, 1.82) is 0 Å². The lowest BCUT2D eigenvalue weighted by Gasteiger charge is -2.34. The molecule has 2 aromatic rings. The zero-order chi connectivity index (χ0) is 18.4. The third-order valence-electron chi connectivity index (χ3n) is 4.73. The molecule has 0 bridgehead atoms. The molecule has 0 aliphatic carbocycles. The Labute approximate surface area is 155 Å². The van der Waals surface area contributed by atoms with E-state index in [9.17, 15) is 4.79 Å². The first-order valence-corrected chi connectivity index (χ1v) is 9.20. The van der Waals surface area contributed by atoms with Crippen molar-refractivity contribution >= 4 is 17.3 Å². The van der Waals surface area contributed by atoms with E-state index in [0.29, 0.717) is 0 Å². The Morgan fingerprint density at radius 2 is 1.73 bits per heavy atom. The number of piperazine rings is 1. The maximum absolute atomic E-state index is 12.2. The molecule has 138 valence electrons. The number of nitrogens with one attached hydrogen (secondary N) is 1. The fraction of sp³-hybridized carbons (Fsp3) is 0.381. The van der Waals surface area contributed by atoms with Gasteiger partial charge in [0.25, 0.3) is 5.91 Å². The number of carbonyl (C=O) groups excluding carboxylic acids is 1. The number of hydrogen-bond acceptors (Lipinski definition) is 4. The van der Waals surface area contributed by atoms with E-state index in [1.807, 2.05) is 36.4 Å². The zero-order valence-electron chi connectivity index (χ0n) is 15.6. The van der Waals surface area contributed by atoms with Crippen LogP contribution < -0.4 is 15.0 Å². The lowest BCUT2D eigenvalue weighted by molar-refractivity contribution is -0.118. The Morgan fingerprint density at radius 1 is 1.04 bits per heavy atom. The van der Waals surface area contributed by atoms with Gasteiger partial charge in [0, 0.05) is 37.6 Å². The molecule has 0 aromatic heterocycles. The summed E-state index contributed by atoms with van der Waals surface area (Å²) in [5.41, 5.74) is 3.10. The number of para-hydroxylation sites is 1. The van der Waals surface area contributed by atoms with Crippen LogP contribution in [0.5, 0.6) is 5.75 Å². The number of nitrogens with zero attached hydrogens (tertiary/aromatic N) is 2. The van der Waals surface area contributed by atoms with Crippen molar-refractivity contribution in [2.45, 2.75) is 13.3 Å². The van der Waals surface area contributed by atoms with Crippen LogP contribution in [0.4, 0.5) is 11.4 Å². The van der Waals surface area contributed by atoms with Crippen LogP contribution in [0, 0.1) is 0 Å². The highest BCUT2D eigenvalue weighted by Gasteiger charge is 2.14. The first-order chi connectivity index (χ1) is 12.7. The number of hydrogen-bond donors (Lipinski definition) is 1. The van der Waals surface area contributed by atoms with Gasteiger partial charge in [-0.2, -0.15) is 0 Å². The largest absolute Gasteiger partial charge is 0.483 e. The van der Waals surface area contributed by atoms with Crippen molar-refractivity contribution < 1.29 is 9.53 Å². The van der Waals surface area contributed by atoms with Gasteiger partial charge in [0.15, 0.2) is 6.61 Å². The molecule has 0 spiro atoms. The van der Waals surface area contributed by atoms with Gasteiger partial charge in [0.05, 0.1) is 0 Å². The molecule has 2 aromatic carbocycles. The van der Waals surface area contributed by atoms with Crippen LogP contribution >= 0.6 is 0 Å². The summed E-state index contributed by atoms with van der Waals surface area (Å²) in [7, 11) is 2.15. The van der Waals surface area contributed by atoms with E-state index in [0.717, 1.165) is 49.6 Å². The molecule has 5 nitrogen and oxygen atoms in total. The Hall–Kier alpha value is -2.53. The van der Waals surface area contributed by atoms with Gasteiger partial charge >= 0.3 is 0 Å². The number of benzene rings is 2. The van der Waals surface area contributed by atoms with Gasteiger partial charge < -0.3 is 19.9 Å². The molecule has 26 heavy (non-hydrogen) atoms. The highest BCUT2D eigenvalue weighted by molar-refractivity contribution is 5.92. The van der Waals surface area contributed by atoms with Gasteiger partial charge in [-0.1, -0.05) is 25.1 Å². The minimum absolute atomic E-state index is 0.0111. The summed E-state index contributed by atoms with van der Waals surface area (Å²) in [5, 5.41) is 2.90. The van der Waals surface area contributed by atoms with Gasteiger partial charge in [0.1, 0.15) is 5.75 Å². The maximum atomic E-state index is 12.2. The first-order valence-electron chi connectivity index (χ1n) is 9.20. The number of carbonyl (C=O) groups is 1. The van der Waals surface area contributed by atoms with Gasteiger partial charge in [-0.3, -0.25) is 4.79 Å². The van der Waals surface area contributed by atoms with Gasteiger partial charge in [0.2, 0.25) is 0 Å². The van der Waals surface area contributed by atoms with Crippen molar-refractivity contribution in [3.63, 3.8) is 0 Å². The van der Waals surface area contributed by atoms with E-state index in [4.69, 9.17) is 4.74 Å². The molecule has 0 atom stereocenters. The summed E-state index contributed by atoms with van der Waals surface area (Å²) in [6, 6.07) is 15.8. The first kappa shape index (κ1) is 18.3. The number of anilines is 2. The molecular formula is C21H27N3O2. The summed E-state index contributed by atoms with van der Waals surface area (Å²) in [4.78, 5) is 16.9. The average Bonchev–Trinajstić information content (AvgIpc) is 2.68. The van der Waals surface area contributed by atoms with Crippen LogP contribution in [0.1, 0.15) is 12.5 Å². The summed E-state index contributed by atoms with van der Waals surface area (Å²) in [5.74, 6) is 0.624. The molecule has 1 N–H and O–H groups in total. The Balaban J connectivity index is 1.51. The molecule has 1 aliphatic rings. The van der Waals surface area contributed by atoms with Gasteiger partial charge in [-0.05, 0) is 49.4 Å². The van der Waals surface area contributed by atoms with Crippen molar-refractivity contribution in [1.82, 2.24) is 4.90 Å². The minimum atomic E-state index is -0.150. The van der Waals surface area contributed by atoms with E-state index < -0.39 is 0 Å². The number of rotatable bonds is 6. The second kappa shape index (κ2) is 8.72. The molecule has 3 rings (SSSR count). The monoisotopic (exact) mass is 353 g/mol. The number of likely N-dealkylation sites (N-methyl/N-ethyl adjacent to an activating group) is 1. The predicted molar refractivity (Wildman–Crippen MR) is 106 cm³/mol. The molecular weight excluding hydrogens is 326 g/mol. The van der Waals surface area contributed by atoms with E-state index in [1.165, 1.54) is 5.69 Å². The number of ether oxygens (including phenoxy) is 1. The molecule has 1 amide bonds. The summed E-state index contributed by atoms with van der Waals surface area (Å²) in [6.45, 7) is 6.31. The van der Waals surface area contributed by atoms with Crippen LogP contribution in [-0.4, -0.2) is 50.6 Å². The smallest absolute Gasteiger partial charge is 0.262 e. The number of amides is 1. The molecule has 0 saturated carbocycles. The molecule has 0 radical (unpaired) electrons. The second-order valence-electron chi connectivity index (χ2n) is 6.64. The lowest BCUT2D eigenvalue weighted by Crippen LogP contribution is -2.44. The molecule has 0 unspecified atom stereocenters. The van der Waals surface area contributed by atoms with Crippen molar-refractivity contribution in [2.24, 2.45) is 0 Å². The fourth-order valence-electron chi connectivity index (χ4n) is 3.10. The van der Waals surface area contributed by atoms with Crippen LogP contribution in [0.25, 0.3) is 0 Å². The summed E-state index contributed by atoms with van der Waals surface area (Å²) in [6.07, 6.45) is 0.881. The molecule has 1 saturated heterocycles. The quantitative estimate of drug-likeness (QED) is 0.867. The second-order valence-corrected chi connectivity index (χ2v) is 6.64. The number of aryl methyl sites for hydroxylation is 1. The Morgan fingerprint density at radius 3 is 2.42 bits per heavy atom. The lowest BCUT2D eigenvalue weighted by atomic mass is 10.1. The molecule has 1 heterocycles. The van der Waals surface area contributed by atoms with Crippen LogP contribution in [0.2, 0.25) is 0 Å².